The Morgan fingerprint density at radius 2 is 0.486 bits per heavy atom. The van der Waals surface area contributed by atoms with Crippen LogP contribution in [0.2, 0.25) is 0 Å². The zero-order valence-electron chi connectivity index (χ0n) is 38.5. The van der Waals surface area contributed by atoms with Gasteiger partial charge in [0.15, 0.2) is 0 Å². The van der Waals surface area contributed by atoms with Crippen LogP contribution in [-0.4, -0.2) is 0 Å². The highest BCUT2D eigenvalue weighted by atomic mass is 15.1. The normalized spacial score (nSPS) is 15.0. The first-order valence-corrected chi connectivity index (χ1v) is 24.3. The van der Waals surface area contributed by atoms with Crippen LogP contribution in [0.4, 0.5) is 34.1 Å². The SMILES string of the molecule is c1ccc(N(c2ccccc2)c2ccc3c(c2)-c2ccccc2C32c3ccccc3-c3ccc(N(c4ccccc4)c4ccc5c(c4)C(c4ccccc4)(c4ccccc4)c4ccccc4-5)cc32)cc1. The van der Waals surface area contributed by atoms with Crippen LogP contribution in [0.5, 0.6) is 0 Å². The highest BCUT2D eigenvalue weighted by molar-refractivity contribution is 5.98. The molecule has 70 heavy (non-hydrogen) atoms. The van der Waals surface area contributed by atoms with E-state index in [-0.39, 0.29) is 0 Å². The maximum atomic E-state index is 2.51. The number of benzene rings is 11. The summed E-state index contributed by atoms with van der Waals surface area (Å²) in [6, 6.07) is 103. The summed E-state index contributed by atoms with van der Waals surface area (Å²) in [6.45, 7) is 0. The van der Waals surface area contributed by atoms with Crippen LogP contribution in [0, 0.1) is 0 Å². The zero-order valence-corrected chi connectivity index (χ0v) is 38.5. The van der Waals surface area contributed by atoms with Gasteiger partial charge in [-0.2, -0.15) is 0 Å². The Kier molecular flexibility index (Phi) is 9.06. The molecule has 2 heteroatoms. The lowest BCUT2D eigenvalue weighted by Crippen LogP contribution is -2.28. The first kappa shape index (κ1) is 40.1. The minimum Gasteiger partial charge on any atom is -0.310 e. The quantitative estimate of drug-likeness (QED) is 0.150. The molecule has 1 atom stereocenters. The molecule has 0 radical (unpaired) electrons. The fraction of sp³-hybridized carbons (Fsp3) is 0.0294. The van der Waals surface area contributed by atoms with Crippen LogP contribution in [-0.2, 0) is 10.8 Å². The van der Waals surface area contributed by atoms with Crippen LogP contribution in [0.25, 0.3) is 33.4 Å². The van der Waals surface area contributed by atoms with Crippen molar-refractivity contribution < 1.29 is 0 Å². The van der Waals surface area contributed by atoms with Crippen LogP contribution >= 0.6 is 0 Å². The molecule has 14 rings (SSSR count). The summed E-state index contributed by atoms with van der Waals surface area (Å²) in [5.74, 6) is 0. The molecule has 11 aromatic carbocycles. The summed E-state index contributed by atoms with van der Waals surface area (Å²) in [5, 5.41) is 0. The number of hydrogen-bond acceptors (Lipinski definition) is 2. The second-order valence-electron chi connectivity index (χ2n) is 18.7. The van der Waals surface area contributed by atoms with Crippen molar-refractivity contribution in [1.29, 1.82) is 0 Å². The van der Waals surface area contributed by atoms with Gasteiger partial charge in [-0.3, -0.25) is 0 Å². The summed E-state index contributed by atoms with van der Waals surface area (Å²) < 4.78 is 0. The van der Waals surface area contributed by atoms with Gasteiger partial charge in [-0.05, 0) is 151 Å². The van der Waals surface area contributed by atoms with Crippen molar-refractivity contribution in [2.75, 3.05) is 9.80 Å². The van der Waals surface area contributed by atoms with Crippen molar-refractivity contribution in [1.82, 2.24) is 0 Å². The largest absolute Gasteiger partial charge is 0.310 e. The molecule has 3 aliphatic carbocycles. The van der Waals surface area contributed by atoms with Gasteiger partial charge >= 0.3 is 0 Å². The van der Waals surface area contributed by atoms with Crippen molar-refractivity contribution in [3.63, 3.8) is 0 Å². The first-order valence-electron chi connectivity index (χ1n) is 24.3. The molecular weight excluding hydrogens is 845 g/mol. The number of hydrogen-bond donors (Lipinski definition) is 0. The van der Waals surface area contributed by atoms with Gasteiger partial charge in [-0.25, -0.2) is 0 Å². The predicted octanol–water partition coefficient (Wildman–Crippen LogP) is 17.3. The molecule has 0 bridgehead atoms. The maximum Gasteiger partial charge on any atom is 0.0726 e. The van der Waals surface area contributed by atoms with Crippen LogP contribution in [0.3, 0.4) is 0 Å². The van der Waals surface area contributed by atoms with E-state index >= 15 is 0 Å². The van der Waals surface area contributed by atoms with Gasteiger partial charge in [-0.15, -0.1) is 0 Å². The second kappa shape index (κ2) is 15.8. The first-order chi connectivity index (χ1) is 34.7. The van der Waals surface area contributed by atoms with Crippen LogP contribution < -0.4 is 9.80 Å². The van der Waals surface area contributed by atoms with E-state index in [1.165, 1.54) is 77.9 Å². The topological polar surface area (TPSA) is 6.48 Å². The summed E-state index contributed by atoms with van der Waals surface area (Å²) in [6.07, 6.45) is 0. The van der Waals surface area contributed by atoms with Gasteiger partial charge in [0.2, 0.25) is 0 Å². The van der Waals surface area contributed by atoms with Crippen molar-refractivity contribution in [2.24, 2.45) is 0 Å². The Morgan fingerprint density at radius 3 is 0.943 bits per heavy atom. The van der Waals surface area contributed by atoms with Crippen molar-refractivity contribution >= 4 is 34.1 Å². The Bertz CT molecular complexity index is 3690. The molecule has 1 unspecified atom stereocenters. The van der Waals surface area contributed by atoms with Gasteiger partial charge in [0.1, 0.15) is 0 Å². The molecule has 0 fully saturated rings. The molecule has 328 valence electrons. The van der Waals surface area contributed by atoms with Crippen molar-refractivity contribution in [3.8, 4) is 33.4 Å². The standard InChI is InChI=1S/C68H46N2/c1-6-22-47(23-7-1)67(48-24-8-2-9-25-48)61-35-19-16-32-55(61)58-41-38-53(45-65(58)67)70(51-30-14-5-15-31-51)54-39-42-59-56-33-17-20-36-62(56)68(66(59)46-54)63-37-21-18-34-57(63)60-44-52(40-43-64(60)68)69(49-26-10-3-11-27-49)50-28-12-4-13-29-50/h1-46H. The number of nitrogens with zero attached hydrogens (tertiary/aromatic N) is 2. The van der Waals surface area contributed by atoms with E-state index in [9.17, 15) is 0 Å². The number of fused-ring (bicyclic) bond motifs is 13. The Morgan fingerprint density at radius 1 is 0.186 bits per heavy atom. The van der Waals surface area contributed by atoms with E-state index in [4.69, 9.17) is 0 Å². The predicted molar refractivity (Wildman–Crippen MR) is 289 cm³/mol. The fourth-order valence-electron chi connectivity index (χ4n) is 12.6. The minimum atomic E-state index is -0.547. The van der Waals surface area contributed by atoms with Gasteiger partial charge in [-0.1, -0.05) is 206 Å². The summed E-state index contributed by atoms with van der Waals surface area (Å²) in [4.78, 5) is 4.85. The zero-order chi connectivity index (χ0) is 46.2. The van der Waals surface area contributed by atoms with Crippen molar-refractivity contribution in [2.45, 2.75) is 10.8 Å². The monoisotopic (exact) mass is 890 g/mol. The average molecular weight is 891 g/mol. The molecule has 0 amide bonds. The minimum absolute atomic E-state index is 0.525. The number of para-hydroxylation sites is 3. The molecule has 11 aromatic rings. The maximum absolute atomic E-state index is 2.51. The average Bonchev–Trinajstić information content (AvgIpc) is 4.02. The fourth-order valence-corrected chi connectivity index (χ4v) is 12.6. The molecule has 0 aliphatic heterocycles. The van der Waals surface area contributed by atoms with Gasteiger partial charge in [0, 0.05) is 34.1 Å². The van der Waals surface area contributed by atoms with E-state index in [1.54, 1.807) is 0 Å². The molecule has 2 nitrogen and oxygen atoms in total. The second-order valence-corrected chi connectivity index (χ2v) is 18.7. The summed E-state index contributed by atoms with van der Waals surface area (Å²) in [7, 11) is 0. The Labute approximate surface area is 409 Å². The molecule has 0 aromatic heterocycles. The Hall–Kier alpha value is -8.98. The molecule has 3 aliphatic rings. The molecule has 0 saturated heterocycles. The third-order valence-corrected chi connectivity index (χ3v) is 15.3. The highest BCUT2D eigenvalue weighted by Gasteiger charge is 2.52. The Balaban J connectivity index is 0.994. The molecule has 0 saturated carbocycles. The number of anilines is 6. The lowest BCUT2D eigenvalue weighted by molar-refractivity contribution is 0.768. The van der Waals surface area contributed by atoms with E-state index in [0.29, 0.717) is 0 Å². The molecular formula is C68H46N2. The van der Waals surface area contributed by atoms with Crippen molar-refractivity contribution in [3.05, 3.63) is 324 Å². The lowest BCUT2D eigenvalue weighted by Gasteiger charge is -2.35. The number of rotatable bonds is 8. The van der Waals surface area contributed by atoms with E-state index in [0.717, 1.165) is 34.1 Å². The molecule has 0 heterocycles. The van der Waals surface area contributed by atoms with E-state index < -0.39 is 10.8 Å². The molecule has 1 spiro atoms. The highest BCUT2D eigenvalue weighted by Crippen LogP contribution is 2.64. The lowest BCUT2D eigenvalue weighted by atomic mass is 9.67. The van der Waals surface area contributed by atoms with Crippen LogP contribution in [0.15, 0.2) is 279 Å². The summed E-state index contributed by atoms with van der Waals surface area (Å²) >= 11 is 0. The third-order valence-electron chi connectivity index (χ3n) is 15.3. The van der Waals surface area contributed by atoms with E-state index in [2.05, 4.69) is 289 Å². The summed E-state index contributed by atoms with van der Waals surface area (Å²) in [5.41, 5.74) is 23.6. The van der Waals surface area contributed by atoms with Gasteiger partial charge < -0.3 is 9.80 Å². The van der Waals surface area contributed by atoms with Gasteiger partial charge in [0.25, 0.3) is 0 Å². The smallest absolute Gasteiger partial charge is 0.0726 e. The third kappa shape index (κ3) is 5.68. The van der Waals surface area contributed by atoms with E-state index in [1.807, 2.05) is 0 Å². The molecule has 0 N–H and O–H groups in total. The van der Waals surface area contributed by atoms with Gasteiger partial charge in [0.05, 0.1) is 10.8 Å². The van der Waals surface area contributed by atoms with Crippen LogP contribution in [0.1, 0.15) is 44.5 Å².